The van der Waals surface area contributed by atoms with E-state index in [4.69, 9.17) is 4.74 Å². The van der Waals surface area contributed by atoms with Crippen LogP contribution in [0.3, 0.4) is 0 Å². The van der Waals surface area contributed by atoms with E-state index in [9.17, 15) is 10.2 Å². The molecule has 2 aliphatic carbocycles. The maximum atomic E-state index is 12.4. The molecule has 5 aliphatic rings. The normalized spacial score (nSPS) is 37.0. The van der Waals surface area contributed by atoms with E-state index in [-0.39, 0.29) is 23.9 Å². The first kappa shape index (κ1) is 19.1. The third kappa shape index (κ3) is 2.04. The van der Waals surface area contributed by atoms with E-state index in [1.54, 1.807) is 6.07 Å². The molecule has 3 aliphatic heterocycles. The summed E-state index contributed by atoms with van der Waals surface area (Å²) in [5.41, 5.74) is 3.53. The zero-order valence-electron chi connectivity index (χ0n) is 18.8. The molecule has 1 spiro atoms. The summed E-state index contributed by atoms with van der Waals surface area (Å²) in [6.07, 6.45) is 3.15. The van der Waals surface area contributed by atoms with Crippen molar-refractivity contribution in [2.75, 3.05) is 43.5 Å². The van der Waals surface area contributed by atoms with Gasteiger partial charge in [0.25, 0.3) is 0 Å². The second-order valence-electron chi connectivity index (χ2n) is 10.5. The molecule has 32 heavy (non-hydrogen) atoms. The zero-order valence-corrected chi connectivity index (χ0v) is 18.8. The Morgan fingerprint density at radius 2 is 1.81 bits per heavy atom. The lowest BCUT2D eigenvalue weighted by molar-refractivity contribution is -0.184. The Labute approximate surface area is 189 Å². The number of piperidine rings is 1. The van der Waals surface area contributed by atoms with Gasteiger partial charge >= 0.3 is 0 Å². The van der Waals surface area contributed by atoms with Crippen molar-refractivity contribution in [2.45, 2.75) is 54.9 Å². The molecular weight excluding hydrogens is 402 g/mol. The molecule has 2 fully saturated rings. The molecule has 6 heteroatoms. The highest BCUT2D eigenvalue weighted by Crippen LogP contribution is 2.66. The van der Waals surface area contributed by atoms with Gasteiger partial charge in [-0.2, -0.15) is 0 Å². The third-order valence-corrected chi connectivity index (χ3v) is 9.38. The Morgan fingerprint density at radius 3 is 2.66 bits per heavy atom. The molecule has 2 aromatic carbocycles. The van der Waals surface area contributed by atoms with Gasteiger partial charge in [0, 0.05) is 31.7 Å². The molecule has 2 aromatic rings. The molecule has 168 valence electrons. The van der Waals surface area contributed by atoms with Crippen LogP contribution in [0.4, 0.5) is 11.4 Å². The molecule has 2 N–H and O–H groups in total. The van der Waals surface area contributed by atoms with Crippen molar-refractivity contribution in [3.8, 4) is 11.5 Å². The monoisotopic (exact) mass is 433 g/mol. The highest BCUT2D eigenvalue weighted by molar-refractivity contribution is 5.74. The lowest BCUT2D eigenvalue weighted by Crippen LogP contribution is -2.78. The SMILES string of the molecule is CN1CCN([C@@H]2CC[C@@]3(O)[C@H]4Cc5ccc(O)c6c5[C@@]3(CCN4C)[C@H]2O6)c2ccccc21. The third-order valence-electron chi connectivity index (χ3n) is 9.38. The number of likely N-dealkylation sites (N-methyl/N-ethyl adjacent to an activating group) is 2. The second kappa shape index (κ2) is 6.12. The number of likely N-dealkylation sites (tertiary alicyclic amines) is 1. The minimum absolute atomic E-state index is 0.0890. The van der Waals surface area contributed by atoms with Crippen molar-refractivity contribution < 1.29 is 14.9 Å². The quantitative estimate of drug-likeness (QED) is 0.721. The Kier molecular flexibility index (Phi) is 3.64. The van der Waals surface area contributed by atoms with Crippen LogP contribution in [0.25, 0.3) is 0 Å². The average molecular weight is 434 g/mol. The van der Waals surface area contributed by atoms with Crippen LogP contribution < -0.4 is 14.5 Å². The van der Waals surface area contributed by atoms with Crippen molar-refractivity contribution in [2.24, 2.45) is 0 Å². The number of ether oxygens (including phenoxy) is 1. The van der Waals surface area contributed by atoms with Crippen LogP contribution in [0.2, 0.25) is 0 Å². The number of hydrogen-bond acceptors (Lipinski definition) is 6. The number of phenols is 1. The predicted octanol–water partition coefficient (Wildman–Crippen LogP) is 2.50. The number of phenolic OH excluding ortho intramolecular Hbond substituents is 1. The van der Waals surface area contributed by atoms with E-state index in [1.165, 1.54) is 16.9 Å². The Bertz CT molecular complexity index is 1120. The maximum Gasteiger partial charge on any atom is 0.165 e. The van der Waals surface area contributed by atoms with Gasteiger partial charge in [-0.1, -0.05) is 18.2 Å². The zero-order chi connectivity index (χ0) is 21.8. The van der Waals surface area contributed by atoms with Crippen LogP contribution in [0.15, 0.2) is 36.4 Å². The topological polar surface area (TPSA) is 59.4 Å². The summed E-state index contributed by atoms with van der Waals surface area (Å²) in [6.45, 7) is 2.84. The summed E-state index contributed by atoms with van der Waals surface area (Å²) in [5.74, 6) is 0.841. The van der Waals surface area contributed by atoms with E-state index in [2.05, 4.69) is 59.1 Å². The summed E-state index contributed by atoms with van der Waals surface area (Å²) in [6, 6.07) is 12.7. The number of rotatable bonds is 1. The van der Waals surface area contributed by atoms with Crippen molar-refractivity contribution in [1.82, 2.24) is 4.90 Å². The van der Waals surface area contributed by atoms with Gasteiger partial charge in [0.2, 0.25) is 0 Å². The highest BCUT2D eigenvalue weighted by atomic mass is 16.5. The number of nitrogens with zero attached hydrogens (tertiary/aromatic N) is 3. The fraction of sp³-hybridized carbons (Fsp3) is 0.538. The summed E-state index contributed by atoms with van der Waals surface area (Å²) in [4.78, 5) is 7.20. The predicted molar refractivity (Wildman–Crippen MR) is 124 cm³/mol. The van der Waals surface area contributed by atoms with E-state index in [0.717, 1.165) is 50.9 Å². The highest BCUT2D eigenvalue weighted by Gasteiger charge is 2.73. The van der Waals surface area contributed by atoms with Gasteiger partial charge in [-0.3, -0.25) is 0 Å². The molecule has 1 saturated carbocycles. The van der Waals surface area contributed by atoms with E-state index < -0.39 is 11.0 Å². The molecular formula is C26H31N3O3. The molecule has 0 unspecified atom stereocenters. The Balaban J connectivity index is 1.42. The van der Waals surface area contributed by atoms with Crippen LogP contribution in [-0.4, -0.2) is 72.6 Å². The van der Waals surface area contributed by atoms with Crippen molar-refractivity contribution in [3.63, 3.8) is 0 Å². The number of hydrogen-bond donors (Lipinski definition) is 2. The number of aliphatic hydroxyl groups is 1. The summed E-state index contributed by atoms with van der Waals surface area (Å²) >= 11 is 0. The van der Waals surface area contributed by atoms with Crippen LogP contribution in [-0.2, 0) is 11.8 Å². The molecule has 0 aromatic heterocycles. The fourth-order valence-electron chi connectivity index (χ4n) is 7.92. The molecule has 1 saturated heterocycles. The van der Waals surface area contributed by atoms with Gasteiger partial charge < -0.3 is 29.6 Å². The Morgan fingerprint density at radius 1 is 1.00 bits per heavy atom. The van der Waals surface area contributed by atoms with E-state index >= 15 is 0 Å². The standard InChI is InChI=1S/C26H31N3O3/c1-27-13-14-29(18-6-4-3-5-17(18)27)19-9-10-26(31)21-15-16-7-8-20(30)23-22(16)25(26,24(19)32-23)11-12-28(21)2/h3-8,19,21,24,30-31H,9-15H2,1-2H3/t19-,21-,24+,25+,26-/m1/s1. The summed E-state index contributed by atoms with van der Waals surface area (Å²) in [5, 5.41) is 23.2. The van der Waals surface area contributed by atoms with E-state index in [1.807, 2.05) is 0 Å². The number of para-hydroxylation sites is 2. The molecule has 3 heterocycles. The van der Waals surface area contributed by atoms with Gasteiger partial charge in [0.05, 0.1) is 28.4 Å². The molecule has 7 rings (SSSR count). The van der Waals surface area contributed by atoms with Crippen LogP contribution in [0, 0.1) is 0 Å². The first-order valence-electron chi connectivity index (χ1n) is 12.0. The van der Waals surface area contributed by atoms with E-state index in [0.29, 0.717) is 5.75 Å². The van der Waals surface area contributed by atoms with Crippen molar-refractivity contribution in [3.05, 3.63) is 47.5 Å². The maximum absolute atomic E-state index is 12.4. The van der Waals surface area contributed by atoms with Crippen LogP contribution in [0.5, 0.6) is 11.5 Å². The molecule has 2 bridgehead atoms. The lowest BCUT2D eigenvalue weighted by Gasteiger charge is -2.64. The minimum atomic E-state index is -0.834. The van der Waals surface area contributed by atoms with Crippen LogP contribution >= 0.6 is 0 Å². The van der Waals surface area contributed by atoms with Gasteiger partial charge in [0.15, 0.2) is 11.5 Å². The number of benzene rings is 2. The van der Waals surface area contributed by atoms with Gasteiger partial charge in [-0.05, 0) is 63.0 Å². The first-order chi connectivity index (χ1) is 15.5. The number of anilines is 2. The molecule has 5 atom stereocenters. The summed E-state index contributed by atoms with van der Waals surface area (Å²) < 4.78 is 6.73. The molecule has 6 nitrogen and oxygen atoms in total. The molecule has 0 radical (unpaired) electrons. The van der Waals surface area contributed by atoms with Gasteiger partial charge in [-0.25, -0.2) is 0 Å². The molecule has 0 amide bonds. The van der Waals surface area contributed by atoms with Gasteiger partial charge in [0.1, 0.15) is 6.10 Å². The largest absolute Gasteiger partial charge is 0.504 e. The second-order valence-corrected chi connectivity index (χ2v) is 10.5. The Hall–Kier alpha value is -2.44. The van der Waals surface area contributed by atoms with Crippen molar-refractivity contribution >= 4 is 11.4 Å². The number of fused-ring (bicyclic) bond motifs is 1. The van der Waals surface area contributed by atoms with Crippen LogP contribution in [0.1, 0.15) is 30.4 Å². The average Bonchev–Trinajstić information content (AvgIpc) is 3.15. The lowest BCUT2D eigenvalue weighted by atomic mass is 9.48. The number of aromatic hydroxyl groups is 1. The minimum Gasteiger partial charge on any atom is -0.504 e. The first-order valence-corrected chi connectivity index (χ1v) is 12.0. The summed E-state index contributed by atoms with van der Waals surface area (Å²) in [7, 11) is 4.30. The van der Waals surface area contributed by atoms with Crippen molar-refractivity contribution in [1.29, 1.82) is 0 Å². The fourth-order valence-corrected chi connectivity index (χ4v) is 7.92. The van der Waals surface area contributed by atoms with Gasteiger partial charge in [-0.15, -0.1) is 0 Å². The smallest absolute Gasteiger partial charge is 0.165 e.